The molecule has 1 aromatic rings. The van der Waals surface area contributed by atoms with E-state index in [0.29, 0.717) is 17.8 Å². The van der Waals surface area contributed by atoms with Crippen molar-refractivity contribution in [1.82, 2.24) is 0 Å². The van der Waals surface area contributed by atoms with Crippen molar-refractivity contribution in [1.29, 1.82) is 5.26 Å². The molecule has 0 aliphatic carbocycles. The Bertz CT molecular complexity index is 387. The highest BCUT2D eigenvalue weighted by Gasteiger charge is 2.02. The maximum Gasteiger partial charge on any atom is 0.147 e. The van der Waals surface area contributed by atoms with Crippen LogP contribution >= 0.6 is 0 Å². The van der Waals surface area contributed by atoms with E-state index in [4.69, 9.17) is 10.4 Å². The summed E-state index contributed by atoms with van der Waals surface area (Å²) in [5.74, 6) is -0.389. The SMILES string of the molecule is N#Cc1ccc(NCCCCCCO)c(F)c1. The van der Waals surface area contributed by atoms with Crippen LogP contribution in [-0.4, -0.2) is 18.3 Å². The number of aliphatic hydroxyl groups is 1. The minimum absolute atomic E-state index is 0.234. The zero-order valence-corrected chi connectivity index (χ0v) is 9.75. The molecule has 4 heteroatoms. The summed E-state index contributed by atoms with van der Waals surface area (Å²) < 4.78 is 13.4. The fraction of sp³-hybridized carbons (Fsp3) is 0.462. The molecule has 0 amide bonds. The molecule has 92 valence electrons. The van der Waals surface area contributed by atoms with Crippen molar-refractivity contribution in [2.24, 2.45) is 0 Å². The second kappa shape index (κ2) is 7.64. The average Bonchev–Trinajstić information content (AvgIpc) is 2.35. The third-order valence-corrected chi connectivity index (χ3v) is 2.50. The van der Waals surface area contributed by atoms with Gasteiger partial charge in [0, 0.05) is 13.2 Å². The molecule has 0 aromatic heterocycles. The maximum absolute atomic E-state index is 13.4. The topological polar surface area (TPSA) is 56.0 Å². The van der Waals surface area contributed by atoms with Crippen LogP contribution in [0.5, 0.6) is 0 Å². The number of hydrogen-bond acceptors (Lipinski definition) is 3. The van der Waals surface area contributed by atoms with Crippen LogP contribution in [0.25, 0.3) is 0 Å². The fourth-order valence-corrected chi connectivity index (χ4v) is 1.54. The number of rotatable bonds is 7. The Hall–Kier alpha value is -1.60. The molecule has 0 atom stereocenters. The van der Waals surface area contributed by atoms with Gasteiger partial charge in [-0.3, -0.25) is 0 Å². The van der Waals surface area contributed by atoms with Gasteiger partial charge in [0.25, 0.3) is 0 Å². The van der Waals surface area contributed by atoms with E-state index >= 15 is 0 Å². The predicted molar refractivity (Wildman–Crippen MR) is 65.2 cm³/mol. The lowest BCUT2D eigenvalue weighted by molar-refractivity contribution is 0.283. The second-order valence-electron chi connectivity index (χ2n) is 3.87. The van der Waals surface area contributed by atoms with Crippen molar-refractivity contribution in [3.05, 3.63) is 29.6 Å². The summed E-state index contributed by atoms with van der Waals surface area (Å²) in [5.41, 5.74) is 0.766. The molecule has 17 heavy (non-hydrogen) atoms. The Balaban J connectivity index is 2.30. The number of nitrogens with zero attached hydrogens (tertiary/aromatic N) is 1. The number of nitrogens with one attached hydrogen (secondary N) is 1. The quantitative estimate of drug-likeness (QED) is 0.715. The Kier molecular flexibility index (Phi) is 6.05. The van der Waals surface area contributed by atoms with E-state index in [2.05, 4.69) is 5.32 Å². The number of halogens is 1. The number of unbranched alkanes of at least 4 members (excludes halogenated alkanes) is 3. The van der Waals surface area contributed by atoms with Gasteiger partial charge in [0.1, 0.15) is 5.82 Å². The van der Waals surface area contributed by atoms with Gasteiger partial charge in [0.05, 0.1) is 17.3 Å². The minimum atomic E-state index is -0.389. The van der Waals surface area contributed by atoms with E-state index in [1.807, 2.05) is 6.07 Å². The second-order valence-corrected chi connectivity index (χ2v) is 3.87. The molecule has 0 spiro atoms. The summed E-state index contributed by atoms with van der Waals surface area (Å²) in [5, 5.41) is 20.2. The van der Waals surface area contributed by atoms with Crippen LogP contribution in [0, 0.1) is 17.1 Å². The average molecular weight is 236 g/mol. The standard InChI is InChI=1S/C13H17FN2O/c14-12-9-11(10-15)5-6-13(12)16-7-3-1-2-4-8-17/h5-6,9,16-17H,1-4,7-8H2. The highest BCUT2D eigenvalue weighted by atomic mass is 19.1. The van der Waals surface area contributed by atoms with Crippen LogP contribution in [0.1, 0.15) is 31.2 Å². The summed E-state index contributed by atoms with van der Waals surface area (Å²) in [6, 6.07) is 6.30. The fourth-order valence-electron chi connectivity index (χ4n) is 1.54. The molecular weight excluding hydrogens is 219 g/mol. The zero-order chi connectivity index (χ0) is 12.5. The number of anilines is 1. The summed E-state index contributed by atoms with van der Waals surface area (Å²) in [4.78, 5) is 0. The van der Waals surface area contributed by atoms with Gasteiger partial charge in [-0.25, -0.2) is 4.39 Å². The summed E-state index contributed by atoms with van der Waals surface area (Å²) >= 11 is 0. The van der Waals surface area contributed by atoms with Crippen molar-refractivity contribution >= 4 is 5.69 Å². The molecule has 2 N–H and O–H groups in total. The molecule has 0 saturated heterocycles. The van der Waals surface area contributed by atoms with Gasteiger partial charge < -0.3 is 10.4 Å². The van der Waals surface area contributed by atoms with Gasteiger partial charge in [0.15, 0.2) is 0 Å². The van der Waals surface area contributed by atoms with Crippen LogP contribution < -0.4 is 5.32 Å². The summed E-state index contributed by atoms with van der Waals surface area (Å²) in [6.45, 7) is 0.936. The summed E-state index contributed by atoms with van der Waals surface area (Å²) in [6.07, 6.45) is 3.78. The monoisotopic (exact) mass is 236 g/mol. The van der Waals surface area contributed by atoms with Crippen molar-refractivity contribution in [2.45, 2.75) is 25.7 Å². The molecular formula is C13H17FN2O. The highest BCUT2D eigenvalue weighted by Crippen LogP contribution is 2.15. The van der Waals surface area contributed by atoms with E-state index < -0.39 is 0 Å². The molecule has 1 aromatic carbocycles. The molecule has 0 heterocycles. The molecule has 0 bridgehead atoms. The molecule has 0 aliphatic rings. The Labute approximate surface area is 101 Å². The van der Waals surface area contributed by atoms with E-state index in [1.54, 1.807) is 12.1 Å². The van der Waals surface area contributed by atoms with E-state index in [-0.39, 0.29) is 12.4 Å². The minimum Gasteiger partial charge on any atom is -0.396 e. The first kappa shape index (κ1) is 13.5. The normalized spacial score (nSPS) is 9.94. The number of nitriles is 1. The Morgan fingerprint density at radius 3 is 2.65 bits per heavy atom. The van der Waals surface area contributed by atoms with Crippen LogP contribution in [0.2, 0.25) is 0 Å². The van der Waals surface area contributed by atoms with Crippen molar-refractivity contribution in [3.8, 4) is 6.07 Å². The molecule has 3 nitrogen and oxygen atoms in total. The largest absolute Gasteiger partial charge is 0.396 e. The molecule has 0 fully saturated rings. The predicted octanol–water partition coefficient (Wildman–Crippen LogP) is 2.66. The smallest absolute Gasteiger partial charge is 0.147 e. The summed E-state index contributed by atoms with van der Waals surface area (Å²) in [7, 11) is 0. The van der Waals surface area contributed by atoms with Gasteiger partial charge in [-0.1, -0.05) is 12.8 Å². The first-order valence-electron chi connectivity index (χ1n) is 5.82. The molecule has 1 rings (SSSR count). The van der Waals surface area contributed by atoms with E-state index in [9.17, 15) is 4.39 Å². The maximum atomic E-state index is 13.4. The van der Waals surface area contributed by atoms with Crippen molar-refractivity contribution in [3.63, 3.8) is 0 Å². The van der Waals surface area contributed by atoms with Gasteiger partial charge in [-0.05, 0) is 31.0 Å². The lowest BCUT2D eigenvalue weighted by Gasteiger charge is -2.07. The number of hydrogen-bond donors (Lipinski definition) is 2. The highest BCUT2D eigenvalue weighted by molar-refractivity contribution is 5.48. The number of aliphatic hydroxyl groups excluding tert-OH is 1. The lowest BCUT2D eigenvalue weighted by Crippen LogP contribution is -2.03. The van der Waals surface area contributed by atoms with Crippen LogP contribution in [0.4, 0.5) is 10.1 Å². The third-order valence-electron chi connectivity index (χ3n) is 2.50. The van der Waals surface area contributed by atoms with Crippen molar-refractivity contribution < 1.29 is 9.50 Å². The first-order chi connectivity index (χ1) is 8.27. The molecule has 0 saturated carbocycles. The van der Waals surface area contributed by atoms with Gasteiger partial charge >= 0.3 is 0 Å². The zero-order valence-electron chi connectivity index (χ0n) is 9.75. The Morgan fingerprint density at radius 2 is 2.00 bits per heavy atom. The van der Waals surface area contributed by atoms with Crippen LogP contribution in [-0.2, 0) is 0 Å². The van der Waals surface area contributed by atoms with Gasteiger partial charge in [-0.15, -0.1) is 0 Å². The first-order valence-corrected chi connectivity index (χ1v) is 5.82. The molecule has 0 radical (unpaired) electrons. The van der Waals surface area contributed by atoms with Crippen LogP contribution in [0.15, 0.2) is 18.2 Å². The van der Waals surface area contributed by atoms with Crippen molar-refractivity contribution in [2.75, 3.05) is 18.5 Å². The Morgan fingerprint density at radius 1 is 1.24 bits per heavy atom. The van der Waals surface area contributed by atoms with Gasteiger partial charge in [-0.2, -0.15) is 5.26 Å². The number of benzene rings is 1. The van der Waals surface area contributed by atoms with E-state index in [1.165, 1.54) is 6.07 Å². The molecule has 0 aliphatic heterocycles. The van der Waals surface area contributed by atoms with Gasteiger partial charge in [0.2, 0.25) is 0 Å². The lowest BCUT2D eigenvalue weighted by atomic mass is 10.2. The molecule has 0 unspecified atom stereocenters. The third kappa shape index (κ3) is 4.83. The van der Waals surface area contributed by atoms with Crippen LogP contribution in [0.3, 0.4) is 0 Å². The van der Waals surface area contributed by atoms with E-state index in [0.717, 1.165) is 25.7 Å².